The highest BCUT2D eigenvalue weighted by molar-refractivity contribution is 7.99. The molecule has 3 aromatic rings. The van der Waals surface area contributed by atoms with Gasteiger partial charge in [0.25, 0.3) is 0 Å². The topological polar surface area (TPSA) is 81.8 Å². The number of phenols is 1. The number of benzene rings is 2. The number of nitrogens with zero attached hydrogens (tertiary/aromatic N) is 4. The average molecular weight is 368 g/mol. The van der Waals surface area contributed by atoms with Crippen LogP contribution in [-0.2, 0) is 6.61 Å². The van der Waals surface area contributed by atoms with Gasteiger partial charge in [-0.3, -0.25) is 0 Å². The van der Waals surface area contributed by atoms with Crippen molar-refractivity contribution in [3.8, 4) is 17.2 Å². The van der Waals surface area contributed by atoms with Gasteiger partial charge in [-0.25, -0.2) is 0 Å². The number of phenolic OH excluding ortho intramolecular Hbond substituents is 1. The zero-order valence-corrected chi connectivity index (χ0v) is 14.8. The summed E-state index contributed by atoms with van der Waals surface area (Å²) in [5, 5.41) is 23.2. The molecule has 7 nitrogen and oxygen atoms in total. The van der Waals surface area contributed by atoms with Crippen molar-refractivity contribution in [2.45, 2.75) is 11.8 Å². The fourth-order valence-electron chi connectivity index (χ4n) is 2.47. The summed E-state index contributed by atoms with van der Waals surface area (Å²) in [4.78, 5) is 0. The Morgan fingerprint density at radius 3 is 2.50 bits per heavy atom. The molecule has 0 atom stereocenters. The molecule has 0 aliphatic carbocycles. The van der Waals surface area contributed by atoms with Crippen LogP contribution in [0.1, 0.15) is 11.4 Å². The van der Waals surface area contributed by atoms with E-state index in [-0.39, 0.29) is 12.4 Å². The zero-order valence-electron chi connectivity index (χ0n) is 14.0. The molecule has 8 heteroatoms. The summed E-state index contributed by atoms with van der Waals surface area (Å²) < 4.78 is 12.6. The van der Waals surface area contributed by atoms with Gasteiger partial charge < -0.3 is 14.6 Å². The Labute approximate surface area is 154 Å². The lowest BCUT2D eigenvalue weighted by molar-refractivity contribution is 0.289. The minimum atomic E-state index is 0.233. The summed E-state index contributed by atoms with van der Waals surface area (Å²) in [7, 11) is 1.62. The molecule has 1 N–H and O–H groups in total. The maximum atomic E-state index is 9.44. The molecular weight excluding hydrogens is 352 g/mol. The van der Waals surface area contributed by atoms with Crippen molar-refractivity contribution in [2.75, 3.05) is 12.9 Å². The van der Waals surface area contributed by atoms with Crippen LogP contribution in [-0.4, -0.2) is 38.6 Å². The van der Waals surface area contributed by atoms with Crippen LogP contribution in [0.3, 0.4) is 0 Å². The SMILES string of the molecule is COc1ccc(OCc2nnc3n2N=C(c2ccc(O)cc2)CS3)cc1. The molecule has 1 aliphatic rings. The van der Waals surface area contributed by atoms with E-state index in [0.717, 1.165) is 22.2 Å². The van der Waals surface area contributed by atoms with E-state index in [1.54, 1.807) is 35.7 Å². The molecule has 26 heavy (non-hydrogen) atoms. The number of aromatic nitrogens is 3. The number of fused-ring (bicyclic) bond motifs is 1. The van der Waals surface area contributed by atoms with Crippen molar-refractivity contribution in [2.24, 2.45) is 5.10 Å². The van der Waals surface area contributed by atoms with E-state index in [2.05, 4.69) is 15.3 Å². The highest BCUT2D eigenvalue weighted by atomic mass is 32.2. The molecule has 0 spiro atoms. The maximum Gasteiger partial charge on any atom is 0.212 e. The molecule has 1 aromatic heterocycles. The first kappa shape index (κ1) is 16.5. The minimum Gasteiger partial charge on any atom is -0.508 e. The Hall–Kier alpha value is -3.00. The Morgan fingerprint density at radius 1 is 1.04 bits per heavy atom. The number of hydrogen-bond acceptors (Lipinski definition) is 7. The van der Waals surface area contributed by atoms with Gasteiger partial charge in [0.2, 0.25) is 5.16 Å². The van der Waals surface area contributed by atoms with Crippen molar-refractivity contribution in [1.82, 2.24) is 14.9 Å². The standard InChI is InChI=1S/C18H16N4O3S/c1-24-14-6-8-15(9-7-14)25-10-17-19-20-18-22(17)21-16(11-26-18)12-2-4-13(23)5-3-12/h2-9,23H,10-11H2,1H3. The van der Waals surface area contributed by atoms with Crippen LogP contribution in [0.4, 0.5) is 0 Å². The highest BCUT2D eigenvalue weighted by Crippen LogP contribution is 2.25. The predicted molar refractivity (Wildman–Crippen MR) is 98.1 cm³/mol. The quantitative estimate of drug-likeness (QED) is 0.746. The normalized spacial score (nSPS) is 13.0. The first-order valence-corrected chi connectivity index (χ1v) is 8.93. The number of rotatable bonds is 5. The second-order valence-corrected chi connectivity index (χ2v) is 6.50. The van der Waals surface area contributed by atoms with Gasteiger partial charge in [-0.1, -0.05) is 11.8 Å². The lowest BCUT2D eigenvalue weighted by Crippen LogP contribution is -2.15. The van der Waals surface area contributed by atoms with E-state index in [4.69, 9.17) is 9.47 Å². The molecular formula is C18H16N4O3S. The molecule has 0 fully saturated rings. The Bertz CT molecular complexity index is 936. The van der Waals surface area contributed by atoms with E-state index in [1.807, 2.05) is 36.4 Å². The lowest BCUT2D eigenvalue weighted by atomic mass is 10.1. The van der Waals surface area contributed by atoms with Crippen LogP contribution in [0.5, 0.6) is 17.2 Å². The molecule has 0 amide bonds. The number of methoxy groups -OCH3 is 1. The Kier molecular flexibility index (Phi) is 4.49. The van der Waals surface area contributed by atoms with Gasteiger partial charge >= 0.3 is 0 Å². The summed E-state index contributed by atoms with van der Waals surface area (Å²) >= 11 is 1.57. The third-order valence-corrected chi connectivity index (χ3v) is 4.79. The number of thioether (sulfide) groups is 1. The smallest absolute Gasteiger partial charge is 0.212 e. The van der Waals surface area contributed by atoms with E-state index >= 15 is 0 Å². The van der Waals surface area contributed by atoms with Crippen molar-refractivity contribution in [1.29, 1.82) is 0 Å². The fourth-order valence-corrected chi connectivity index (χ4v) is 3.33. The van der Waals surface area contributed by atoms with Crippen molar-refractivity contribution < 1.29 is 14.6 Å². The predicted octanol–water partition coefficient (Wildman–Crippen LogP) is 2.93. The van der Waals surface area contributed by atoms with Crippen LogP contribution in [0.15, 0.2) is 58.8 Å². The Morgan fingerprint density at radius 2 is 1.77 bits per heavy atom. The van der Waals surface area contributed by atoms with Crippen molar-refractivity contribution >= 4 is 17.5 Å². The van der Waals surface area contributed by atoms with Gasteiger partial charge in [0, 0.05) is 5.75 Å². The van der Waals surface area contributed by atoms with Gasteiger partial charge in [-0.15, -0.1) is 10.2 Å². The average Bonchev–Trinajstić information content (AvgIpc) is 3.09. The fraction of sp³-hybridized carbons (Fsp3) is 0.167. The summed E-state index contributed by atoms with van der Waals surface area (Å²) in [6.07, 6.45) is 0. The molecule has 0 bridgehead atoms. The van der Waals surface area contributed by atoms with E-state index in [0.29, 0.717) is 17.3 Å². The van der Waals surface area contributed by atoms with Gasteiger partial charge in [0.05, 0.1) is 12.8 Å². The van der Waals surface area contributed by atoms with Gasteiger partial charge in [0.1, 0.15) is 23.9 Å². The second kappa shape index (κ2) is 7.09. The number of aromatic hydroxyl groups is 1. The third-order valence-electron chi connectivity index (χ3n) is 3.86. The first-order chi connectivity index (χ1) is 12.7. The monoisotopic (exact) mass is 368 g/mol. The van der Waals surface area contributed by atoms with Gasteiger partial charge in [-0.05, 0) is 54.1 Å². The van der Waals surface area contributed by atoms with Gasteiger partial charge in [0.15, 0.2) is 5.82 Å². The minimum absolute atomic E-state index is 0.233. The van der Waals surface area contributed by atoms with Crippen LogP contribution < -0.4 is 9.47 Å². The van der Waals surface area contributed by atoms with Crippen LogP contribution in [0, 0.1) is 0 Å². The van der Waals surface area contributed by atoms with E-state index in [1.165, 1.54) is 0 Å². The number of ether oxygens (including phenoxy) is 2. The molecule has 0 unspecified atom stereocenters. The molecule has 0 saturated carbocycles. The summed E-state index contributed by atoms with van der Waals surface area (Å²) in [5.41, 5.74) is 1.85. The molecule has 0 saturated heterocycles. The second-order valence-electron chi connectivity index (χ2n) is 5.56. The molecule has 4 rings (SSSR count). The number of hydrogen-bond donors (Lipinski definition) is 1. The van der Waals surface area contributed by atoms with E-state index < -0.39 is 0 Å². The Balaban J connectivity index is 1.53. The van der Waals surface area contributed by atoms with Gasteiger partial charge in [-0.2, -0.15) is 9.78 Å². The van der Waals surface area contributed by atoms with E-state index in [9.17, 15) is 5.11 Å². The molecule has 0 radical (unpaired) electrons. The van der Waals surface area contributed by atoms with Crippen molar-refractivity contribution in [3.63, 3.8) is 0 Å². The summed E-state index contributed by atoms with van der Waals surface area (Å²) in [5.74, 6) is 3.05. The van der Waals surface area contributed by atoms with Crippen LogP contribution in [0.2, 0.25) is 0 Å². The largest absolute Gasteiger partial charge is 0.508 e. The van der Waals surface area contributed by atoms with Crippen LogP contribution >= 0.6 is 11.8 Å². The summed E-state index contributed by atoms with van der Waals surface area (Å²) in [6.45, 7) is 0.256. The molecule has 1 aliphatic heterocycles. The van der Waals surface area contributed by atoms with Crippen molar-refractivity contribution in [3.05, 3.63) is 59.9 Å². The third kappa shape index (κ3) is 3.36. The highest BCUT2D eigenvalue weighted by Gasteiger charge is 2.20. The first-order valence-electron chi connectivity index (χ1n) is 7.94. The summed E-state index contributed by atoms with van der Waals surface area (Å²) in [6, 6.07) is 14.3. The molecule has 2 aromatic carbocycles. The molecule has 2 heterocycles. The lowest BCUT2D eigenvalue weighted by Gasteiger charge is -2.14. The zero-order chi connectivity index (χ0) is 17.9. The molecule has 132 valence electrons. The van der Waals surface area contributed by atoms with Crippen LogP contribution in [0.25, 0.3) is 0 Å². The maximum absolute atomic E-state index is 9.44.